The zero-order valence-corrected chi connectivity index (χ0v) is 22.5. The Balaban J connectivity index is 1.80. The summed E-state index contributed by atoms with van der Waals surface area (Å²) in [4.78, 5) is 25.9. The molecule has 0 unspecified atom stereocenters. The van der Waals surface area contributed by atoms with Gasteiger partial charge in [-0.1, -0.05) is 89.2 Å². The second-order valence-electron chi connectivity index (χ2n) is 10.3. The van der Waals surface area contributed by atoms with Crippen LogP contribution in [-0.2, 0) is 20.2 Å². The first-order chi connectivity index (χ1) is 16.8. The van der Waals surface area contributed by atoms with Crippen molar-refractivity contribution in [2.24, 2.45) is 0 Å². The molecule has 0 spiro atoms. The quantitative estimate of drug-likeness (QED) is 0.395. The molecular formula is C29H34N2O4S. The maximum absolute atomic E-state index is 13.0. The first-order valence-corrected chi connectivity index (χ1v) is 13.7. The van der Waals surface area contributed by atoms with Gasteiger partial charge in [-0.05, 0) is 40.7 Å². The van der Waals surface area contributed by atoms with E-state index in [1.165, 1.54) is 0 Å². The topological polar surface area (TPSA) is 83.6 Å². The zero-order valence-electron chi connectivity index (χ0n) is 21.7. The fraction of sp³-hybridized carbons (Fsp3) is 0.310. The smallest absolute Gasteiger partial charge is 0.245 e. The molecule has 3 rings (SSSR count). The number of amides is 1. The highest BCUT2D eigenvalue weighted by Gasteiger charge is 2.24. The molecule has 0 aromatic heterocycles. The third-order valence-electron chi connectivity index (χ3n) is 5.94. The molecule has 0 heterocycles. The molecule has 7 heteroatoms. The number of nitrogens with one attached hydrogen (secondary N) is 1. The van der Waals surface area contributed by atoms with Gasteiger partial charge in [0.25, 0.3) is 0 Å². The predicted molar refractivity (Wildman–Crippen MR) is 146 cm³/mol. The third kappa shape index (κ3) is 6.61. The predicted octanol–water partition coefficient (Wildman–Crippen LogP) is 5.74. The van der Waals surface area contributed by atoms with Gasteiger partial charge in [0.05, 0.1) is 11.9 Å². The fourth-order valence-corrected chi connectivity index (χ4v) is 4.82. The molecule has 1 amide bonds. The Kier molecular flexibility index (Phi) is 8.04. The van der Waals surface area contributed by atoms with Crippen LogP contribution in [0.5, 0.6) is 0 Å². The Hall–Kier alpha value is -3.45. The Morgan fingerprint density at radius 3 is 2.11 bits per heavy atom. The molecule has 0 fully saturated rings. The number of hydrogen-bond donors (Lipinski definition) is 1. The number of ketones is 1. The van der Waals surface area contributed by atoms with Crippen molar-refractivity contribution in [3.05, 3.63) is 95.1 Å². The minimum atomic E-state index is -3.71. The van der Waals surface area contributed by atoms with Crippen LogP contribution in [0.4, 0.5) is 11.4 Å². The minimum absolute atomic E-state index is 0.0126. The molecule has 36 heavy (non-hydrogen) atoms. The molecular weight excluding hydrogens is 472 g/mol. The number of rotatable bonds is 8. The monoisotopic (exact) mass is 506 g/mol. The van der Waals surface area contributed by atoms with E-state index in [9.17, 15) is 18.0 Å². The van der Waals surface area contributed by atoms with Gasteiger partial charge in [-0.15, -0.1) is 0 Å². The van der Waals surface area contributed by atoms with Crippen LogP contribution in [0.15, 0.2) is 72.8 Å². The molecule has 6 nitrogen and oxygen atoms in total. The van der Waals surface area contributed by atoms with Crippen molar-refractivity contribution < 1.29 is 18.0 Å². The number of sulfonamides is 1. The first kappa shape index (κ1) is 27.1. The average Bonchev–Trinajstić information content (AvgIpc) is 2.81. The summed E-state index contributed by atoms with van der Waals surface area (Å²) in [5.74, 6) is -0.582. The van der Waals surface area contributed by atoms with E-state index in [2.05, 4.69) is 26.1 Å². The normalized spacial score (nSPS) is 11.9. The molecule has 0 bridgehead atoms. The van der Waals surface area contributed by atoms with Gasteiger partial charge in [0.1, 0.15) is 6.54 Å². The summed E-state index contributed by atoms with van der Waals surface area (Å²) in [6, 6.07) is 21.3. The van der Waals surface area contributed by atoms with E-state index in [1.54, 1.807) is 36.4 Å². The standard InChI is InChI=1S/C29H34N2O4S/c1-20(2)25-12-7-8-13-26(25)31(36(6,34)35)19-27(32)30-24-11-9-10-22(18-24)28(33)21-14-16-23(17-15-21)29(3,4)5/h7-18,20H,19H2,1-6H3,(H,30,32). The number of benzene rings is 3. The van der Waals surface area contributed by atoms with E-state index in [-0.39, 0.29) is 23.7 Å². The minimum Gasteiger partial charge on any atom is -0.324 e. The maximum atomic E-state index is 13.0. The summed E-state index contributed by atoms with van der Waals surface area (Å²) in [6.45, 7) is 9.90. The van der Waals surface area contributed by atoms with Gasteiger partial charge < -0.3 is 5.32 Å². The second-order valence-corrected chi connectivity index (χ2v) is 12.2. The highest BCUT2D eigenvalue weighted by Crippen LogP contribution is 2.29. The number of carbonyl (C=O) groups is 2. The lowest BCUT2D eigenvalue weighted by molar-refractivity contribution is -0.114. The Morgan fingerprint density at radius 2 is 1.53 bits per heavy atom. The molecule has 0 aliphatic heterocycles. The lowest BCUT2D eigenvalue weighted by atomic mass is 9.86. The van der Waals surface area contributed by atoms with Crippen molar-refractivity contribution in [3.63, 3.8) is 0 Å². The first-order valence-electron chi connectivity index (χ1n) is 11.9. The molecule has 3 aromatic rings. The molecule has 3 aromatic carbocycles. The average molecular weight is 507 g/mol. The van der Waals surface area contributed by atoms with Gasteiger partial charge in [0, 0.05) is 16.8 Å². The summed E-state index contributed by atoms with van der Waals surface area (Å²) in [7, 11) is -3.71. The van der Waals surface area contributed by atoms with Crippen molar-refractivity contribution >= 4 is 33.1 Å². The van der Waals surface area contributed by atoms with Crippen LogP contribution < -0.4 is 9.62 Å². The number of para-hydroxylation sites is 1. The molecule has 0 saturated carbocycles. The van der Waals surface area contributed by atoms with Gasteiger partial charge >= 0.3 is 0 Å². The highest BCUT2D eigenvalue weighted by atomic mass is 32.2. The Bertz CT molecular complexity index is 1350. The van der Waals surface area contributed by atoms with Crippen molar-refractivity contribution in [1.29, 1.82) is 0 Å². The molecule has 0 aliphatic carbocycles. The molecule has 0 atom stereocenters. The fourth-order valence-electron chi connectivity index (χ4n) is 3.94. The molecule has 0 aliphatic rings. The van der Waals surface area contributed by atoms with Gasteiger partial charge in [-0.3, -0.25) is 13.9 Å². The van der Waals surface area contributed by atoms with E-state index in [0.29, 0.717) is 22.5 Å². The maximum Gasteiger partial charge on any atom is 0.245 e. The van der Waals surface area contributed by atoms with E-state index in [1.807, 2.05) is 50.2 Å². The van der Waals surface area contributed by atoms with Crippen molar-refractivity contribution in [2.45, 2.75) is 46.0 Å². The van der Waals surface area contributed by atoms with Crippen LogP contribution in [0.2, 0.25) is 0 Å². The van der Waals surface area contributed by atoms with Crippen LogP contribution in [0.3, 0.4) is 0 Å². The van der Waals surface area contributed by atoms with Crippen molar-refractivity contribution in [3.8, 4) is 0 Å². The SMILES string of the molecule is CC(C)c1ccccc1N(CC(=O)Nc1cccc(C(=O)c2ccc(C(C)(C)C)cc2)c1)S(C)(=O)=O. The number of nitrogens with zero attached hydrogens (tertiary/aromatic N) is 1. The number of hydrogen-bond acceptors (Lipinski definition) is 4. The van der Waals surface area contributed by atoms with Crippen LogP contribution in [0.25, 0.3) is 0 Å². The van der Waals surface area contributed by atoms with E-state index < -0.39 is 15.9 Å². The summed E-state index contributed by atoms with van der Waals surface area (Å²) < 4.78 is 26.3. The lowest BCUT2D eigenvalue weighted by Crippen LogP contribution is -2.38. The van der Waals surface area contributed by atoms with E-state index >= 15 is 0 Å². The summed E-state index contributed by atoms with van der Waals surface area (Å²) in [5, 5.41) is 2.74. The van der Waals surface area contributed by atoms with Crippen molar-refractivity contribution in [1.82, 2.24) is 0 Å². The van der Waals surface area contributed by atoms with E-state index in [4.69, 9.17) is 0 Å². The summed E-state index contributed by atoms with van der Waals surface area (Å²) >= 11 is 0. The van der Waals surface area contributed by atoms with Gasteiger partial charge in [0.15, 0.2) is 5.78 Å². The zero-order chi connectivity index (χ0) is 26.7. The summed E-state index contributed by atoms with van der Waals surface area (Å²) in [6.07, 6.45) is 1.08. The molecule has 190 valence electrons. The van der Waals surface area contributed by atoms with Gasteiger partial charge in [0.2, 0.25) is 15.9 Å². The lowest BCUT2D eigenvalue weighted by Gasteiger charge is -2.25. The molecule has 1 N–H and O–H groups in total. The Morgan fingerprint density at radius 1 is 0.889 bits per heavy atom. The van der Waals surface area contributed by atoms with Crippen LogP contribution in [0, 0.1) is 0 Å². The second kappa shape index (κ2) is 10.7. The molecule has 0 saturated heterocycles. The largest absolute Gasteiger partial charge is 0.324 e. The third-order valence-corrected chi connectivity index (χ3v) is 7.06. The van der Waals surface area contributed by atoms with Crippen LogP contribution in [0.1, 0.15) is 67.6 Å². The number of anilines is 2. The number of carbonyl (C=O) groups excluding carboxylic acids is 2. The van der Waals surface area contributed by atoms with Crippen LogP contribution in [-0.4, -0.2) is 32.9 Å². The Labute approximate surface area is 214 Å². The van der Waals surface area contributed by atoms with Crippen LogP contribution >= 0.6 is 0 Å². The van der Waals surface area contributed by atoms with Gasteiger partial charge in [-0.25, -0.2) is 8.42 Å². The highest BCUT2D eigenvalue weighted by molar-refractivity contribution is 7.92. The summed E-state index contributed by atoms with van der Waals surface area (Å²) in [5.41, 5.74) is 3.84. The molecule has 0 radical (unpaired) electrons. The van der Waals surface area contributed by atoms with E-state index in [0.717, 1.165) is 21.7 Å². The van der Waals surface area contributed by atoms with Gasteiger partial charge in [-0.2, -0.15) is 0 Å². The van der Waals surface area contributed by atoms with Crippen molar-refractivity contribution in [2.75, 3.05) is 22.4 Å².